The summed E-state index contributed by atoms with van der Waals surface area (Å²) < 4.78 is 6.46. The molecule has 6 heteroatoms. The van der Waals surface area contributed by atoms with Gasteiger partial charge in [-0.3, -0.25) is 4.79 Å². The summed E-state index contributed by atoms with van der Waals surface area (Å²) in [5, 5.41) is 6.60. The van der Waals surface area contributed by atoms with E-state index < -0.39 is 5.97 Å². The molecule has 1 N–H and O–H groups in total. The molecule has 4 rings (SSSR count). The number of carbonyl (C=O) groups is 2. The normalized spacial score (nSPS) is 11.2. The first-order valence-electron chi connectivity index (χ1n) is 11.6. The highest BCUT2D eigenvalue weighted by Crippen LogP contribution is 2.38. The quantitative estimate of drug-likeness (QED) is 0.253. The Kier molecular flexibility index (Phi) is 7.49. The van der Waals surface area contributed by atoms with Crippen LogP contribution in [-0.4, -0.2) is 18.5 Å². The first-order valence-corrected chi connectivity index (χ1v) is 13.3. The minimum absolute atomic E-state index is 0.182. The van der Waals surface area contributed by atoms with Crippen LogP contribution in [0.4, 0.5) is 5.00 Å². The number of amides is 1. The van der Waals surface area contributed by atoms with Gasteiger partial charge < -0.3 is 10.1 Å². The van der Waals surface area contributed by atoms with Gasteiger partial charge in [-0.05, 0) is 47.4 Å². The van der Waals surface area contributed by atoms with Crippen molar-refractivity contribution in [3.8, 4) is 11.1 Å². The second-order valence-corrected chi connectivity index (χ2v) is 10.4. The predicted octanol–water partition coefficient (Wildman–Crippen LogP) is 8.13. The van der Waals surface area contributed by atoms with E-state index in [1.54, 1.807) is 6.92 Å². The molecule has 0 spiro atoms. The monoisotopic (exact) mass is 491 g/mol. The minimum Gasteiger partial charge on any atom is -0.462 e. The standard InChI is InChI=1S/C28H29NO3S2/c1-5-9-21-20-10-7-8-11-23(20)34-25(21)26(30)29-27-24(28(31)32-6-2)22(16-33-27)19-14-12-18(13-15-19)17(3)4/h7-8,10-17H,5-6,9H2,1-4H3,(H,29,30). The molecular formula is C28H29NO3S2. The number of ether oxygens (including phenoxy) is 1. The topological polar surface area (TPSA) is 55.4 Å². The number of benzene rings is 2. The highest BCUT2D eigenvalue weighted by atomic mass is 32.1. The molecule has 34 heavy (non-hydrogen) atoms. The van der Waals surface area contributed by atoms with Crippen molar-refractivity contribution in [3.05, 3.63) is 75.5 Å². The third kappa shape index (κ3) is 4.79. The third-order valence-corrected chi connectivity index (χ3v) is 7.90. The average molecular weight is 492 g/mol. The summed E-state index contributed by atoms with van der Waals surface area (Å²) in [4.78, 5) is 27.1. The van der Waals surface area contributed by atoms with E-state index in [2.05, 4.69) is 44.3 Å². The summed E-state index contributed by atoms with van der Waals surface area (Å²) in [6.45, 7) is 8.47. The number of esters is 1. The van der Waals surface area contributed by atoms with E-state index >= 15 is 0 Å². The fourth-order valence-electron chi connectivity index (χ4n) is 4.06. The van der Waals surface area contributed by atoms with Crippen molar-refractivity contribution >= 4 is 49.6 Å². The Labute approximate surface area is 208 Å². The first kappa shape index (κ1) is 24.2. The lowest BCUT2D eigenvalue weighted by Gasteiger charge is -2.10. The van der Waals surface area contributed by atoms with Gasteiger partial charge in [0.05, 0.1) is 11.5 Å². The van der Waals surface area contributed by atoms with Crippen molar-refractivity contribution < 1.29 is 14.3 Å². The van der Waals surface area contributed by atoms with E-state index in [1.807, 2.05) is 35.7 Å². The maximum absolute atomic E-state index is 13.4. The molecule has 0 atom stereocenters. The smallest absolute Gasteiger partial charge is 0.341 e. The van der Waals surface area contributed by atoms with Crippen LogP contribution in [0.15, 0.2) is 53.9 Å². The van der Waals surface area contributed by atoms with Gasteiger partial charge in [0.25, 0.3) is 5.91 Å². The van der Waals surface area contributed by atoms with Crippen LogP contribution >= 0.6 is 22.7 Å². The predicted molar refractivity (Wildman–Crippen MR) is 144 cm³/mol. The molecule has 2 aromatic carbocycles. The zero-order valence-corrected chi connectivity index (χ0v) is 21.6. The fourth-order valence-corrected chi connectivity index (χ4v) is 6.16. The van der Waals surface area contributed by atoms with Gasteiger partial charge in [0.15, 0.2) is 0 Å². The van der Waals surface area contributed by atoms with Gasteiger partial charge in [-0.1, -0.05) is 69.7 Å². The molecule has 0 saturated carbocycles. The van der Waals surface area contributed by atoms with Crippen molar-refractivity contribution in [2.45, 2.75) is 46.5 Å². The molecule has 176 valence electrons. The number of hydrogen-bond donors (Lipinski definition) is 1. The zero-order chi connectivity index (χ0) is 24.2. The molecule has 0 saturated heterocycles. The van der Waals surface area contributed by atoms with Gasteiger partial charge >= 0.3 is 5.97 Å². The highest BCUT2D eigenvalue weighted by molar-refractivity contribution is 7.21. The van der Waals surface area contributed by atoms with Crippen molar-refractivity contribution in [2.75, 3.05) is 11.9 Å². The van der Waals surface area contributed by atoms with Crippen molar-refractivity contribution in [1.29, 1.82) is 0 Å². The third-order valence-electron chi connectivity index (χ3n) is 5.79. The second kappa shape index (κ2) is 10.5. The van der Waals surface area contributed by atoms with E-state index in [4.69, 9.17) is 4.74 Å². The summed E-state index contributed by atoms with van der Waals surface area (Å²) in [5.74, 6) is -0.180. The number of hydrogen-bond acceptors (Lipinski definition) is 5. The number of fused-ring (bicyclic) bond motifs is 1. The molecule has 0 fully saturated rings. The molecule has 4 aromatic rings. The molecule has 0 aliphatic carbocycles. The maximum Gasteiger partial charge on any atom is 0.341 e. The molecule has 0 aliphatic rings. The maximum atomic E-state index is 13.4. The Morgan fingerprint density at radius 2 is 1.76 bits per heavy atom. The number of carbonyl (C=O) groups excluding carboxylic acids is 2. The van der Waals surface area contributed by atoms with Crippen LogP contribution in [0.5, 0.6) is 0 Å². The second-order valence-electron chi connectivity index (χ2n) is 8.46. The number of anilines is 1. The van der Waals surface area contributed by atoms with Crippen molar-refractivity contribution in [3.63, 3.8) is 0 Å². The molecule has 0 aliphatic heterocycles. The van der Waals surface area contributed by atoms with Crippen LogP contribution < -0.4 is 5.32 Å². The highest BCUT2D eigenvalue weighted by Gasteiger charge is 2.25. The van der Waals surface area contributed by atoms with E-state index in [-0.39, 0.29) is 12.5 Å². The summed E-state index contributed by atoms with van der Waals surface area (Å²) in [7, 11) is 0. The molecule has 4 nitrogen and oxygen atoms in total. The Balaban J connectivity index is 1.72. The molecule has 0 radical (unpaired) electrons. The van der Waals surface area contributed by atoms with Gasteiger partial charge in [0.2, 0.25) is 0 Å². The van der Waals surface area contributed by atoms with Gasteiger partial charge in [0, 0.05) is 15.6 Å². The van der Waals surface area contributed by atoms with E-state index in [1.165, 1.54) is 28.2 Å². The molecule has 0 unspecified atom stereocenters. The van der Waals surface area contributed by atoms with E-state index in [9.17, 15) is 9.59 Å². The van der Waals surface area contributed by atoms with Crippen molar-refractivity contribution in [2.24, 2.45) is 0 Å². The first-order chi connectivity index (χ1) is 16.4. The summed E-state index contributed by atoms with van der Waals surface area (Å²) in [6, 6.07) is 16.3. The van der Waals surface area contributed by atoms with Crippen molar-refractivity contribution in [1.82, 2.24) is 0 Å². The lowest BCUT2D eigenvalue weighted by molar-refractivity contribution is 0.0529. The van der Waals surface area contributed by atoms with E-state index in [0.29, 0.717) is 21.4 Å². The number of thiophene rings is 2. The minimum atomic E-state index is -0.424. The molecule has 2 aromatic heterocycles. The van der Waals surface area contributed by atoms with Gasteiger partial charge in [-0.2, -0.15) is 0 Å². The summed E-state index contributed by atoms with van der Waals surface area (Å²) in [5.41, 5.74) is 4.42. The molecular weight excluding hydrogens is 462 g/mol. The number of aryl methyl sites for hydroxylation is 1. The van der Waals surface area contributed by atoms with Crippen LogP contribution in [0, 0.1) is 0 Å². The van der Waals surface area contributed by atoms with Crippen LogP contribution in [-0.2, 0) is 11.2 Å². The summed E-state index contributed by atoms with van der Waals surface area (Å²) in [6.07, 6.45) is 1.78. The Morgan fingerprint density at radius 1 is 1.03 bits per heavy atom. The van der Waals surface area contributed by atoms with Gasteiger partial charge in [-0.25, -0.2) is 4.79 Å². The Hall–Kier alpha value is -2.96. The lowest BCUT2D eigenvalue weighted by atomic mass is 9.98. The molecule has 1 amide bonds. The zero-order valence-electron chi connectivity index (χ0n) is 19.9. The van der Waals surface area contributed by atoms with Gasteiger partial charge in [0.1, 0.15) is 10.6 Å². The number of rotatable bonds is 8. The Bertz CT molecular complexity index is 1320. The largest absolute Gasteiger partial charge is 0.462 e. The lowest BCUT2D eigenvalue weighted by Crippen LogP contribution is -2.15. The van der Waals surface area contributed by atoms with Crippen LogP contribution in [0.2, 0.25) is 0 Å². The summed E-state index contributed by atoms with van der Waals surface area (Å²) >= 11 is 2.86. The Morgan fingerprint density at radius 3 is 2.44 bits per heavy atom. The SMILES string of the molecule is CCCc1c(C(=O)Nc2scc(-c3ccc(C(C)C)cc3)c2C(=O)OCC)sc2ccccc12. The number of nitrogens with one attached hydrogen (secondary N) is 1. The fraction of sp³-hybridized carbons (Fsp3) is 0.286. The molecule has 0 bridgehead atoms. The van der Waals surface area contributed by atoms with Gasteiger partial charge in [-0.15, -0.1) is 22.7 Å². The van der Waals surface area contributed by atoms with Crippen LogP contribution in [0.1, 0.15) is 71.2 Å². The van der Waals surface area contributed by atoms with Crippen LogP contribution in [0.25, 0.3) is 21.2 Å². The average Bonchev–Trinajstić information content (AvgIpc) is 3.41. The van der Waals surface area contributed by atoms with Crippen LogP contribution in [0.3, 0.4) is 0 Å². The van der Waals surface area contributed by atoms with E-state index in [0.717, 1.165) is 39.6 Å². The molecule has 2 heterocycles.